The summed E-state index contributed by atoms with van der Waals surface area (Å²) in [6.07, 6.45) is 9.00. The van der Waals surface area contributed by atoms with Crippen molar-refractivity contribution in [2.75, 3.05) is 6.61 Å². The number of aromatic nitrogens is 1. The summed E-state index contributed by atoms with van der Waals surface area (Å²) in [6, 6.07) is 11.5. The van der Waals surface area contributed by atoms with Gasteiger partial charge in [-0.1, -0.05) is 46.0 Å². The molecule has 1 heterocycles. The third-order valence-electron chi connectivity index (χ3n) is 4.43. The summed E-state index contributed by atoms with van der Waals surface area (Å²) >= 11 is 0. The molecule has 0 N–H and O–H groups in total. The lowest BCUT2D eigenvalue weighted by Crippen LogP contribution is -2.09. The molecule has 0 bridgehead atoms. The van der Waals surface area contributed by atoms with E-state index in [0.717, 1.165) is 36.5 Å². The molecular weight excluding hydrogens is 341 g/mol. The van der Waals surface area contributed by atoms with Crippen LogP contribution in [-0.2, 0) is 0 Å². The average molecular weight is 374 g/mol. The molecule has 148 valence electrons. The highest BCUT2D eigenvalue weighted by atomic mass is 19.1. The Kier molecular flexibility index (Phi) is 9.67. The van der Waals surface area contributed by atoms with Crippen molar-refractivity contribution in [3.05, 3.63) is 42.6 Å². The molecule has 27 heavy (non-hydrogen) atoms. The summed E-state index contributed by atoms with van der Waals surface area (Å²) in [6.45, 7) is 4.92. The van der Waals surface area contributed by atoms with Crippen LogP contribution in [0.15, 0.2) is 42.6 Å². The first-order valence-corrected chi connectivity index (χ1v) is 10.2. The third kappa shape index (κ3) is 7.98. The monoisotopic (exact) mass is 373 g/mol. The summed E-state index contributed by atoms with van der Waals surface area (Å²) in [7, 11) is 0. The van der Waals surface area contributed by atoms with Crippen LogP contribution in [0.1, 0.15) is 65.2 Å². The lowest BCUT2D eigenvalue weighted by molar-refractivity contribution is 0.0585. The first kappa shape index (κ1) is 21.2. The number of nitrogens with zero attached hydrogens (tertiary/aromatic N) is 1. The van der Waals surface area contributed by atoms with Crippen molar-refractivity contribution in [3.8, 4) is 22.8 Å². The minimum absolute atomic E-state index is 0.391. The van der Waals surface area contributed by atoms with Crippen LogP contribution in [-0.4, -0.2) is 17.9 Å². The fraction of sp³-hybridized carbons (Fsp3) is 0.522. The molecule has 1 atom stereocenters. The number of halogens is 1. The van der Waals surface area contributed by atoms with Gasteiger partial charge in [0.25, 0.3) is 0 Å². The maximum Gasteiger partial charge on any atom is 0.238 e. The van der Waals surface area contributed by atoms with E-state index in [2.05, 4.69) is 11.9 Å². The maximum atomic E-state index is 13.5. The molecule has 0 saturated carbocycles. The van der Waals surface area contributed by atoms with E-state index in [9.17, 15) is 4.39 Å². The van der Waals surface area contributed by atoms with Gasteiger partial charge in [0.15, 0.2) is 0 Å². The lowest BCUT2D eigenvalue weighted by atomic mass is 10.1. The Labute approximate surface area is 162 Å². The lowest BCUT2D eigenvalue weighted by Gasteiger charge is -2.10. The van der Waals surface area contributed by atoms with Crippen molar-refractivity contribution < 1.29 is 13.9 Å². The standard InChI is InChI=1S/C23H32FNO2/c1-3-5-6-7-8-9-17-26-20-13-11-19(12-14-20)22-16-15-21(18-25-22)27-23(24)10-4-2/h11-16,18,23H,3-10,17H2,1-2H3/t23-/m0/s1. The van der Waals surface area contributed by atoms with Crippen LogP contribution in [0.25, 0.3) is 11.3 Å². The minimum atomic E-state index is -1.27. The predicted molar refractivity (Wildman–Crippen MR) is 109 cm³/mol. The van der Waals surface area contributed by atoms with Gasteiger partial charge in [-0.3, -0.25) is 4.98 Å². The predicted octanol–water partition coefficient (Wildman–Crippen LogP) is 6.96. The molecule has 0 aliphatic rings. The van der Waals surface area contributed by atoms with E-state index < -0.39 is 6.36 Å². The number of alkyl halides is 1. The van der Waals surface area contributed by atoms with Gasteiger partial charge in [-0.05, 0) is 49.2 Å². The van der Waals surface area contributed by atoms with Crippen LogP contribution in [0.3, 0.4) is 0 Å². The molecule has 0 saturated heterocycles. The molecular formula is C23H32FNO2. The molecule has 2 aromatic rings. The molecule has 3 nitrogen and oxygen atoms in total. The Morgan fingerprint density at radius 1 is 0.852 bits per heavy atom. The van der Waals surface area contributed by atoms with E-state index in [0.29, 0.717) is 12.2 Å². The molecule has 0 unspecified atom stereocenters. The number of ether oxygens (including phenoxy) is 2. The van der Waals surface area contributed by atoms with Crippen LogP contribution in [0.2, 0.25) is 0 Å². The van der Waals surface area contributed by atoms with Gasteiger partial charge < -0.3 is 9.47 Å². The van der Waals surface area contributed by atoms with E-state index in [4.69, 9.17) is 9.47 Å². The zero-order chi connectivity index (χ0) is 19.3. The number of hydrogen-bond donors (Lipinski definition) is 0. The highest BCUT2D eigenvalue weighted by Gasteiger charge is 2.07. The first-order chi connectivity index (χ1) is 13.2. The largest absolute Gasteiger partial charge is 0.494 e. The Hall–Kier alpha value is -2.10. The topological polar surface area (TPSA) is 31.4 Å². The summed E-state index contributed by atoms with van der Waals surface area (Å²) in [5, 5.41) is 0. The Morgan fingerprint density at radius 2 is 1.56 bits per heavy atom. The van der Waals surface area contributed by atoms with E-state index >= 15 is 0 Å². The molecule has 2 rings (SSSR count). The number of unbranched alkanes of at least 4 members (excludes halogenated alkanes) is 5. The Bertz CT molecular complexity index is 628. The molecule has 0 aliphatic carbocycles. The van der Waals surface area contributed by atoms with E-state index in [1.807, 2.05) is 37.3 Å². The van der Waals surface area contributed by atoms with Gasteiger partial charge in [-0.15, -0.1) is 0 Å². The van der Waals surface area contributed by atoms with Crippen LogP contribution in [0.4, 0.5) is 4.39 Å². The molecule has 0 spiro atoms. The van der Waals surface area contributed by atoms with E-state index in [1.54, 1.807) is 12.3 Å². The van der Waals surface area contributed by atoms with Crippen LogP contribution >= 0.6 is 0 Å². The SMILES string of the molecule is CCCCCCCCOc1ccc(-c2ccc(O[C@H](F)CCC)cn2)cc1. The van der Waals surface area contributed by atoms with E-state index in [-0.39, 0.29) is 0 Å². The molecule has 1 aromatic heterocycles. The number of hydrogen-bond acceptors (Lipinski definition) is 3. The van der Waals surface area contributed by atoms with Crippen LogP contribution in [0.5, 0.6) is 11.5 Å². The second-order valence-corrected chi connectivity index (χ2v) is 6.84. The number of pyridine rings is 1. The maximum absolute atomic E-state index is 13.5. The normalized spacial score (nSPS) is 12.0. The second-order valence-electron chi connectivity index (χ2n) is 6.84. The van der Waals surface area contributed by atoms with Crippen molar-refractivity contribution in [2.45, 2.75) is 71.6 Å². The quantitative estimate of drug-likeness (QED) is 0.356. The summed E-state index contributed by atoms with van der Waals surface area (Å²) in [5.41, 5.74) is 1.83. The van der Waals surface area contributed by atoms with Crippen molar-refractivity contribution in [1.29, 1.82) is 0 Å². The summed E-state index contributed by atoms with van der Waals surface area (Å²) < 4.78 is 24.5. The van der Waals surface area contributed by atoms with Crippen molar-refractivity contribution in [3.63, 3.8) is 0 Å². The molecule has 1 aromatic carbocycles. The molecule has 0 amide bonds. The average Bonchev–Trinajstić information content (AvgIpc) is 2.69. The van der Waals surface area contributed by atoms with Gasteiger partial charge in [0, 0.05) is 12.0 Å². The van der Waals surface area contributed by atoms with Gasteiger partial charge in [0.1, 0.15) is 11.5 Å². The van der Waals surface area contributed by atoms with Crippen LogP contribution < -0.4 is 9.47 Å². The van der Waals surface area contributed by atoms with Gasteiger partial charge in [-0.2, -0.15) is 0 Å². The Balaban J connectivity index is 1.77. The van der Waals surface area contributed by atoms with Gasteiger partial charge in [0.05, 0.1) is 18.5 Å². The molecule has 0 fully saturated rings. The molecule has 4 heteroatoms. The zero-order valence-corrected chi connectivity index (χ0v) is 16.6. The zero-order valence-electron chi connectivity index (χ0n) is 16.6. The third-order valence-corrected chi connectivity index (χ3v) is 4.43. The fourth-order valence-corrected chi connectivity index (χ4v) is 2.85. The number of rotatable bonds is 13. The smallest absolute Gasteiger partial charge is 0.238 e. The van der Waals surface area contributed by atoms with Gasteiger partial charge in [0.2, 0.25) is 6.36 Å². The highest BCUT2D eigenvalue weighted by Crippen LogP contribution is 2.23. The van der Waals surface area contributed by atoms with E-state index in [1.165, 1.54) is 32.1 Å². The highest BCUT2D eigenvalue weighted by molar-refractivity contribution is 5.60. The van der Waals surface area contributed by atoms with Gasteiger partial charge >= 0.3 is 0 Å². The molecule has 0 radical (unpaired) electrons. The summed E-state index contributed by atoms with van der Waals surface area (Å²) in [5.74, 6) is 1.34. The van der Waals surface area contributed by atoms with Crippen molar-refractivity contribution >= 4 is 0 Å². The van der Waals surface area contributed by atoms with Crippen molar-refractivity contribution in [2.24, 2.45) is 0 Å². The molecule has 0 aliphatic heterocycles. The van der Waals surface area contributed by atoms with Gasteiger partial charge in [-0.25, -0.2) is 4.39 Å². The Morgan fingerprint density at radius 3 is 2.22 bits per heavy atom. The minimum Gasteiger partial charge on any atom is -0.494 e. The van der Waals surface area contributed by atoms with Crippen molar-refractivity contribution in [1.82, 2.24) is 4.98 Å². The second kappa shape index (κ2) is 12.3. The fourth-order valence-electron chi connectivity index (χ4n) is 2.85. The summed E-state index contributed by atoms with van der Waals surface area (Å²) in [4.78, 5) is 4.37. The number of benzene rings is 1. The first-order valence-electron chi connectivity index (χ1n) is 10.2. The van der Waals surface area contributed by atoms with Crippen LogP contribution in [0, 0.1) is 0 Å².